The number of piperidine rings is 1. The van der Waals surface area contributed by atoms with Crippen molar-refractivity contribution < 1.29 is 24.0 Å². The lowest BCUT2D eigenvalue weighted by molar-refractivity contribution is -0.906. The molecule has 5 rings (SSSR count). The molecule has 156 valence electrons. The second-order valence-corrected chi connectivity index (χ2v) is 8.93. The van der Waals surface area contributed by atoms with Crippen LogP contribution in [0.5, 0.6) is 11.5 Å². The molecule has 1 atom stereocenters. The van der Waals surface area contributed by atoms with Crippen LogP contribution in [0.25, 0.3) is 0 Å². The number of quaternary nitrogens is 1. The molecule has 7 nitrogen and oxygen atoms in total. The van der Waals surface area contributed by atoms with Gasteiger partial charge in [0.05, 0.1) is 18.8 Å². The van der Waals surface area contributed by atoms with E-state index in [2.05, 4.69) is 10.6 Å². The van der Waals surface area contributed by atoms with Crippen LogP contribution in [0.1, 0.15) is 35.2 Å². The number of hydrogen-bond donors (Lipinski definition) is 3. The highest BCUT2D eigenvalue weighted by atomic mass is 32.2. The number of ether oxygens (including phenoxy) is 2. The molecule has 2 aromatic carbocycles. The normalized spacial score (nSPS) is 20.4. The Morgan fingerprint density at radius 2 is 1.93 bits per heavy atom. The van der Waals surface area contributed by atoms with E-state index in [1.807, 2.05) is 30.3 Å². The first-order chi connectivity index (χ1) is 14.7. The van der Waals surface area contributed by atoms with Gasteiger partial charge in [-0.15, -0.1) is 0 Å². The van der Waals surface area contributed by atoms with Gasteiger partial charge in [-0.25, -0.2) is 0 Å². The number of hydrogen-bond acceptors (Lipinski definition) is 5. The summed E-state index contributed by atoms with van der Waals surface area (Å²) in [6.07, 6.45) is 3.61. The number of carbonyl (C=O) groups excluding carboxylic acids is 2. The molecule has 3 aliphatic rings. The summed E-state index contributed by atoms with van der Waals surface area (Å²) in [6, 6.07) is 11.1. The minimum absolute atomic E-state index is 0.0299. The third-order valence-electron chi connectivity index (χ3n) is 5.74. The average Bonchev–Trinajstić information content (AvgIpc) is 3.25. The minimum atomic E-state index is -0.182. The smallest absolute Gasteiger partial charge is 0.294 e. The predicted molar refractivity (Wildman–Crippen MR) is 113 cm³/mol. The van der Waals surface area contributed by atoms with Crippen molar-refractivity contribution in [2.24, 2.45) is 0 Å². The molecule has 0 bridgehead atoms. The van der Waals surface area contributed by atoms with Gasteiger partial charge in [-0.3, -0.25) is 9.59 Å². The van der Waals surface area contributed by atoms with Crippen LogP contribution in [0.2, 0.25) is 0 Å². The maximum Gasteiger partial charge on any atom is 0.294 e. The maximum atomic E-state index is 12.7. The van der Waals surface area contributed by atoms with Gasteiger partial charge in [-0.05, 0) is 55.2 Å². The molecular weight excluding hydrogens is 402 g/mol. The highest BCUT2D eigenvalue weighted by molar-refractivity contribution is 8.00. The summed E-state index contributed by atoms with van der Waals surface area (Å²) in [7, 11) is 0. The second kappa shape index (κ2) is 8.20. The van der Waals surface area contributed by atoms with Crippen LogP contribution in [-0.4, -0.2) is 37.1 Å². The van der Waals surface area contributed by atoms with Gasteiger partial charge in [0.25, 0.3) is 11.8 Å². The fourth-order valence-electron chi connectivity index (χ4n) is 4.12. The Bertz CT molecular complexity index is 990. The van der Waals surface area contributed by atoms with Crippen LogP contribution in [0.15, 0.2) is 41.3 Å². The lowest BCUT2D eigenvalue weighted by Gasteiger charge is -2.33. The van der Waals surface area contributed by atoms with E-state index in [1.165, 1.54) is 24.2 Å². The molecule has 0 aliphatic carbocycles. The summed E-state index contributed by atoms with van der Waals surface area (Å²) in [4.78, 5) is 27.7. The van der Waals surface area contributed by atoms with Crippen molar-refractivity contribution in [3.63, 3.8) is 0 Å². The first-order valence-electron chi connectivity index (χ1n) is 10.3. The average molecular weight is 427 g/mol. The van der Waals surface area contributed by atoms with Crippen molar-refractivity contribution in [3.05, 3.63) is 47.5 Å². The van der Waals surface area contributed by atoms with E-state index >= 15 is 0 Å². The van der Waals surface area contributed by atoms with Gasteiger partial charge in [0.15, 0.2) is 11.5 Å². The summed E-state index contributed by atoms with van der Waals surface area (Å²) in [5.41, 5.74) is 2.18. The molecule has 3 N–H and O–H groups in total. The summed E-state index contributed by atoms with van der Waals surface area (Å²) in [5, 5.41) is 5.83. The number of likely N-dealkylation sites (tertiary alicyclic amines) is 1. The zero-order chi connectivity index (χ0) is 20.5. The predicted octanol–water partition coefficient (Wildman–Crippen LogP) is 1.78. The van der Waals surface area contributed by atoms with E-state index < -0.39 is 0 Å². The number of fused-ring (bicyclic) bond motifs is 2. The van der Waals surface area contributed by atoms with E-state index in [4.69, 9.17) is 9.47 Å². The number of carbonyl (C=O) groups is 2. The highest BCUT2D eigenvalue weighted by Crippen LogP contribution is 2.35. The van der Waals surface area contributed by atoms with Crippen LogP contribution in [0.4, 0.5) is 5.69 Å². The largest absolute Gasteiger partial charge is 0.454 e. The molecule has 2 amide bonds. The van der Waals surface area contributed by atoms with Crippen molar-refractivity contribution in [3.8, 4) is 11.5 Å². The van der Waals surface area contributed by atoms with Crippen LogP contribution in [0.3, 0.4) is 0 Å². The Morgan fingerprint density at radius 3 is 2.80 bits per heavy atom. The summed E-state index contributed by atoms with van der Waals surface area (Å²) in [5.74, 6) is 1.26. The zero-order valence-electron chi connectivity index (χ0n) is 16.5. The molecule has 0 spiro atoms. The molecule has 2 aromatic rings. The van der Waals surface area contributed by atoms with Gasteiger partial charge in [0, 0.05) is 17.0 Å². The van der Waals surface area contributed by atoms with Gasteiger partial charge in [-0.1, -0.05) is 17.8 Å². The van der Waals surface area contributed by atoms with Crippen LogP contribution < -0.4 is 25.0 Å². The molecule has 1 fully saturated rings. The van der Waals surface area contributed by atoms with E-state index in [-0.39, 0.29) is 24.0 Å². The lowest BCUT2D eigenvalue weighted by atomic mass is 10.1. The van der Waals surface area contributed by atoms with Gasteiger partial charge in [0.1, 0.15) is 0 Å². The number of thioether (sulfide) groups is 1. The zero-order valence-corrected chi connectivity index (χ0v) is 17.3. The Hall–Kier alpha value is -2.71. The van der Waals surface area contributed by atoms with Crippen LogP contribution in [0, 0.1) is 0 Å². The molecule has 1 unspecified atom stereocenters. The number of nitrogens with one attached hydrogen (secondary N) is 3. The Morgan fingerprint density at radius 1 is 1.10 bits per heavy atom. The number of anilines is 1. The summed E-state index contributed by atoms with van der Waals surface area (Å²) >= 11 is 1.61. The van der Waals surface area contributed by atoms with Crippen molar-refractivity contribution >= 4 is 29.3 Å². The van der Waals surface area contributed by atoms with Crippen molar-refractivity contribution in [1.82, 2.24) is 5.32 Å². The molecule has 0 saturated carbocycles. The molecule has 3 heterocycles. The van der Waals surface area contributed by atoms with Crippen LogP contribution in [-0.2, 0) is 11.3 Å². The molecule has 0 aromatic heterocycles. The monoisotopic (exact) mass is 426 g/mol. The standard InChI is InChI=1S/C22H23N3O4S/c26-20(23-12-14-4-6-17-18(10-14)29-13-28-17)15-5-7-19-16(11-15)24-21(27)22(30-19)25-8-2-1-3-9-25/h4-7,10-11,22H,1-3,8-9,12-13H2,(H,23,26)(H,24,27)/p+1. The number of rotatable bonds is 4. The summed E-state index contributed by atoms with van der Waals surface area (Å²) < 4.78 is 10.7. The molecule has 0 radical (unpaired) electrons. The van der Waals surface area contributed by atoms with Gasteiger partial charge >= 0.3 is 0 Å². The summed E-state index contributed by atoms with van der Waals surface area (Å²) in [6.45, 7) is 2.69. The Labute approximate surface area is 179 Å². The molecule has 8 heteroatoms. The lowest BCUT2D eigenvalue weighted by Crippen LogP contribution is -3.17. The van der Waals surface area contributed by atoms with E-state index in [9.17, 15) is 9.59 Å². The maximum absolute atomic E-state index is 12.7. The molecule has 30 heavy (non-hydrogen) atoms. The third-order valence-corrected chi connectivity index (χ3v) is 7.13. The fraction of sp³-hybridized carbons (Fsp3) is 0.364. The van der Waals surface area contributed by atoms with Gasteiger partial charge in [0.2, 0.25) is 12.2 Å². The van der Waals surface area contributed by atoms with E-state index in [1.54, 1.807) is 17.8 Å². The Kier molecular flexibility index (Phi) is 5.26. The molecular formula is C22H24N3O4S+. The van der Waals surface area contributed by atoms with Crippen molar-refractivity contribution in [1.29, 1.82) is 0 Å². The minimum Gasteiger partial charge on any atom is -0.454 e. The first-order valence-corrected chi connectivity index (χ1v) is 11.2. The van der Waals surface area contributed by atoms with Gasteiger partial charge in [-0.2, -0.15) is 0 Å². The number of amides is 2. The highest BCUT2D eigenvalue weighted by Gasteiger charge is 2.36. The molecule has 1 saturated heterocycles. The van der Waals surface area contributed by atoms with Gasteiger partial charge < -0.3 is 25.0 Å². The third kappa shape index (κ3) is 3.85. The van der Waals surface area contributed by atoms with E-state index in [0.29, 0.717) is 23.5 Å². The van der Waals surface area contributed by atoms with Crippen molar-refractivity contribution in [2.45, 2.75) is 36.1 Å². The quantitative estimate of drug-likeness (QED) is 0.695. The second-order valence-electron chi connectivity index (χ2n) is 7.79. The fourth-order valence-corrected chi connectivity index (χ4v) is 5.33. The van der Waals surface area contributed by atoms with Crippen LogP contribution >= 0.6 is 11.8 Å². The first kappa shape index (κ1) is 19.3. The number of benzene rings is 2. The van der Waals surface area contributed by atoms with Crippen molar-refractivity contribution in [2.75, 3.05) is 25.2 Å². The topological polar surface area (TPSA) is 81.1 Å². The Balaban J connectivity index is 1.25. The van der Waals surface area contributed by atoms with E-state index in [0.717, 1.165) is 29.3 Å². The SMILES string of the molecule is O=C(NCc1ccc2c(c1)OCO2)c1ccc2c(c1)NC(=O)C([NH+]1CCCCC1)S2. The molecule has 3 aliphatic heterocycles.